The number of fused-ring (bicyclic) bond motifs is 3. The molecule has 1 N–H and O–H groups in total. The molecule has 1 atom stereocenters. The number of pyridine rings is 1. The van der Waals surface area contributed by atoms with E-state index in [9.17, 15) is 0 Å². The number of aromatic nitrogens is 3. The maximum Gasteiger partial charge on any atom is 0.335 e. The standard InChI is InChI=1S/C23H24N5O2/c1-29-20-13-17-5-3-4-6-19(17)22-21-18(15-28(20,22)30-2)14-26-27-23(21)25-12-9-16-7-10-24-11-8-16/h4,6-8,10-11,13-15H,3,5,9,12H2,1-2H3,(H,25,27)/q+1. The summed E-state index contributed by atoms with van der Waals surface area (Å²) in [6.07, 6.45) is 16.8. The Kier molecular flexibility index (Phi) is 4.69. The van der Waals surface area contributed by atoms with Gasteiger partial charge in [0.05, 0.1) is 30.9 Å². The third-order valence-corrected chi connectivity index (χ3v) is 5.81. The highest BCUT2D eigenvalue weighted by atomic mass is 16.7. The minimum atomic E-state index is 0.0708. The van der Waals surface area contributed by atoms with E-state index in [1.165, 1.54) is 16.7 Å². The quantitative estimate of drug-likeness (QED) is 0.745. The summed E-state index contributed by atoms with van der Waals surface area (Å²) in [6, 6.07) is 4.05. The van der Waals surface area contributed by atoms with Crippen LogP contribution in [0.1, 0.15) is 18.4 Å². The van der Waals surface area contributed by atoms with Crippen LogP contribution in [0.4, 0.5) is 5.82 Å². The monoisotopic (exact) mass is 402 g/mol. The second-order valence-electron chi connectivity index (χ2n) is 7.44. The highest BCUT2D eigenvalue weighted by Gasteiger charge is 2.49. The van der Waals surface area contributed by atoms with Crippen molar-refractivity contribution in [1.29, 1.82) is 0 Å². The number of rotatable bonds is 6. The molecule has 0 spiro atoms. The van der Waals surface area contributed by atoms with Crippen LogP contribution in [0.3, 0.4) is 0 Å². The zero-order valence-electron chi connectivity index (χ0n) is 17.1. The van der Waals surface area contributed by atoms with Crippen molar-refractivity contribution in [2.45, 2.75) is 19.3 Å². The van der Waals surface area contributed by atoms with Crippen LogP contribution in [0, 0.1) is 0 Å². The first-order valence-corrected chi connectivity index (χ1v) is 10.1. The molecule has 5 rings (SSSR count). The van der Waals surface area contributed by atoms with E-state index in [4.69, 9.17) is 9.57 Å². The fourth-order valence-corrected chi connectivity index (χ4v) is 4.40. The fourth-order valence-electron chi connectivity index (χ4n) is 4.40. The number of nitrogens with one attached hydrogen (secondary N) is 1. The summed E-state index contributed by atoms with van der Waals surface area (Å²) in [6.45, 7) is 0.740. The second kappa shape index (κ2) is 7.51. The summed E-state index contributed by atoms with van der Waals surface area (Å²) >= 11 is 0. The highest BCUT2D eigenvalue weighted by Crippen LogP contribution is 2.43. The van der Waals surface area contributed by atoms with Gasteiger partial charge < -0.3 is 10.1 Å². The molecule has 2 aromatic heterocycles. The van der Waals surface area contributed by atoms with Gasteiger partial charge in [-0.1, -0.05) is 16.8 Å². The lowest BCUT2D eigenvalue weighted by Crippen LogP contribution is -2.42. The Bertz CT molecular complexity index is 1200. The molecule has 7 heteroatoms. The van der Waals surface area contributed by atoms with E-state index in [0.29, 0.717) is 0 Å². The van der Waals surface area contributed by atoms with Crippen LogP contribution >= 0.6 is 0 Å². The van der Waals surface area contributed by atoms with Crippen molar-refractivity contribution >= 4 is 17.7 Å². The normalized spacial score (nSPS) is 21.4. The van der Waals surface area contributed by atoms with E-state index in [0.717, 1.165) is 53.6 Å². The lowest BCUT2D eigenvalue weighted by atomic mass is 9.91. The fraction of sp³-hybridized carbons (Fsp3) is 0.261. The van der Waals surface area contributed by atoms with Crippen molar-refractivity contribution in [3.63, 3.8) is 0 Å². The van der Waals surface area contributed by atoms with Crippen molar-refractivity contribution in [2.75, 3.05) is 26.1 Å². The van der Waals surface area contributed by atoms with E-state index >= 15 is 0 Å². The third kappa shape index (κ3) is 2.86. The van der Waals surface area contributed by atoms with Gasteiger partial charge in [0.2, 0.25) is 0 Å². The van der Waals surface area contributed by atoms with Gasteiger partial charge in [-0.2, -0.15) is 9.94 Å². The average Bonchev–Trinajstić information content (AvgIpc) is 3.16. The molecule has 2 aromatic rings. The van der Waals surface area contributed by atoms with E-state index in [-0.39, 0.29) is 4.65 Å². The van der Waals surface area contributed by atoms with Gasteiger partial charge in [-0.15, -0.1) is 5.10 Å². The van der Waals surface area contributed by atoms with Crippen LogP contribution in [0.25, 0.3) is 11.9 Å². The summed E-state index contributed by atoms with van der Waals surface area (Å²) in [4.78, 5) is 10.1. The van der Waals surface area contributed by atoms with Gasteiger partial charge in [-0.25, -0.2) is 0 Å². The molecule has 4 heterocycles. The Labute approximate surface area is 174 Å². The molecule has 3 aliphatic rings. The van der Waals surface area contributed by atoms with Gasteiger partial charge in [-0.05, 0) is 42.5 Å². The molecule has 0 aromatic carbocycles. The molecular formula is C23H24N5O2+. The van der Waals surface area contributed by atoms with Crippen molar-refractivity contribution in [2.24, 2.45) is 0 Å². The first-order chi connectivity index (χ1) is 14.8. The first kappa shape index (κ1) is 18.7. The number of allylic oxidation sites excluding steroid dienone is 3. The zero-order valence-corrected chi connectivity index (χ0v) is 17.1. The summed E-state index contributed by atoms with van der Waals surface area (Å²) in [7, 11) is 3.39. The largest absolute Gasteiger partial charge is 0.452 e. The molecule has 0 radical (unpaired) electrons. The maximum atomic E-state index is 6.06. The molecule has 1 unspecified atom stereocenters. The molecule has 1 aliphatic carbocycles. The topological polar surface area (TPSA) is 69.2 Å². The Hall–Kier alpha value is -3.29. The van der Waals surface area contributed by atoms with Crippen molar-refractivity contribution in [1.82, 2.24) is 15.2 Å². The molecule has 7 nitrogen and oxygen atoms in total. The van der Waals surface area contributed by atoms with Gasteiger partial charge in [-0.3, -0.25) is 4.98 Å². The molecular weight excluding hydrogens is 378 g/mol. The van der Waals surface area contributed by atoms with Crippen LogP contribution in [-0.4, -0.2) is 40.6 Å². The van der Waals surface area contributed by atoms with Gasteiger partial charge in [0.15, 0.2) is 17.7 Å². The number of ether oxygens (including phenoxy) is 1. The number of hydrogen-bond donors (Lipinski definition) is 1. The smallest absolute Gasteiger partial charge is 0.335 e. The van der Waals surface area contributed by atoms with Crippen LogP contribution in [0.5, 0.6) is 0 Å². The lowest BCUT2D eigenvalue weighted by molar-refractivity contribution is -0.962. The lowest BCUT2D eigenvalue weighted by Gasteiger charge is -2.34. The van der Waals surface area contributed by atoms with Gasteiger partial charge in [0, 0.05) is 30.6 Å². The number of nitrogens with zero attached hydrogens (tertiary/aromatic N) is 4. The number of quaternary nitrogens is 1. The Balaban J connectivity index is 1.63. The third-order valence-electron chi connectivity index (χ3n) is 5.81. The molecule has 0 saturated heterocycles. The van der Waals surface area contributed by atoms with Crippen molar-refractivity contribution < 1.29 is 14.2 Å². The summed E-state index contributed by atoms with van der Waals surface area (Å²) in [5.74, 6) is 1.49. The SMILES string of the molecule is COC1=CC2=C(C=CCC2)C2=c3c(NCCc4ccncc4)nncc3=C[N+]12OC. The van der Waals surface area contributed by atoms with Gasteiger partial charge in [0.25, 0.3) is 0 Å². The molecule has 0 bridgehead atoms. The van der Waals surface area contributed by atoms with E-state index < -0.39 is 0 Å². The van der Waals surface area contributed by atoms with Crippen LogP contribution in [0.2, 0.25) is 0 Å². The Morgan fingerprint density at radius 2 is 2.07 bits per heavy atom. The minimum absolute atomic E-state index is 0.0708. The summed E-state index contributed by atoms with van der Waals surface area (Å²) in [5, 5.41) is 14.2. The van der Waals surface area contributed by atoms with Crippen LogP contribution in [-0.2, 0) is 16.0 Å². The summed E-state index contributed by atoms with van der Waals surface area (Å²) in [5.41, 5.74) is 4.68. The first-order valence-electron chi connectivity index (χ1n) is 10.1. The summed E-state index contributed by atoms with van der Waals surface area (Å²) < 4.78 is 5.86. The van der Waals surface area contributed by atoms with Gasteiger partial charge >= 0.3 is 5.88 Å². The molecule has 0 saturated carbocycles. The molecule has 0 amide bonds. The minimum Gasteiger partial charge on any atom is -0.452 e. The van der Waals surface area contributed by atoms with E-state index in [1.807, 2.05) is 30.7 Å². The Morgan fingerprint density at radius 3 is 2.87 bits per heavy atom. The molecule has 0 fully saturated rings. The van der Waals surface area contributed by atoms with Crippen molar-refractivity contribution in [3.8, 4) is 0 Å². The van der Waals surface area contributed by atoms with Gasteiger partial charge in [0.1, 0.15) is 0 Å². The predicted molar refractivity (Wildman–Crippen MR) is 113 cm³/mol. The van der Waals surface area contributed by atoms with E-state index in [1.54, 1.807) is 20.4 Å². The van der Waals surface area contributed by atoms with E-state index in [2.05, 4.69) is 38.7 Å². The van der Waals surface area contributed by atoms with Crippen LogP contribution < -0.4 is 15.8 Å². The molecule has 2 aliphatic heterocycles. The average molecular weight is 402 g/mol. The van der Waals surface area contributed by atoms with Crippen LogP contribution in [0.15, 0.2) is 66.0 Å². The number of hydroxylamine groups is 3. The maximum absolute atomic E-state index is 6.06. The van der Waals surface area contributed by atoms with Crippen molar-refractivity contribution in [3.05, 3.63) is 82.0 Å². The zero-order chi connectivity index (χ0) is 20.6. The molecule has 152 valence electrons. The second-order valence-corrected chi connectivity index (χ2v) is 7.44. The number of methoxy groups -OCH3 is 1. The molecule has 30 heavy (non-hydrogen) atoms. The Morgan fingerprint density at radius 1 is 1.20 bits per heavy atom. The highest BCUT2D eigenvalue weighted by molar-refractivity contribution is 5.74. The predicted octanol–water partition coefficient (Wildman–Crippen LogP) is 1.91. The number of hydrogen-bond acceptors (Lipinski definition) is 6. The number of anilines is 1.